The minimum Gasteiger partial charge on any atom is -0.439 e. The number of rotatable bonds is 8. The van der Waals surface area contributed by atoms with Crippen molar-refractivity contribution in [2.24, 2.45) is 0 Å². The van der Waals surface area contributed by atoms with E-state index in [1.165, 1.54) is 21.9 Å². The molecule has 2 heterocycles. The van der Waals surface area contributed by atoms with Crippen LogP contribution in [0.4, 0.5) is 13.2 Å². The van der Waals surface area contributed by atoms with Crippen LogP contribution in [0.2, 0.25) is 10.0 Å². The van der Waals surface area contributed by atoms with Crippen molar-refractivity contribution >= 4 is 51.4 Å². The summed E-state index contributed by atoms with van der Waals surface area (Å²) in [5, 5.41) is 5.55. The minimum atomic E-state index is -5.28. The Morgan fingerprint density at radius 3 is 2.30 bits per heavy atom. The molecule has 2 aromatic carbocycles. The van der Waals surface area contributed by atoms with E-state index >= 15 is 0 Å². The van der Waals surface area contributed by atoms with Gasteiger partial charge in [0, 0.05) is 39.8 Å². The molecule has 37 heavy (non-hydrogen) atoms. The molecule has 1 amide bonds. The molecular weight excluding hydrogens is 550 g/mol. The summed E-state index contributed by atoms with van der Waals surface area (Å²) in [4.78, 5) is 29.5. The highest BCUT2D eigenvalue weighted by Crippen LogP contribution is 2.29. The fourth-order valence-corrected chi connectivity index (χ4v) is 4.82. The first-order chi connectivity index (χ1) is 17.5. The van der Waals surface area contributed by atoms with Gasteiger partial charge in [0.2, 0.25) is 6.10 Å². The molecule has 0 aliphatic rings. The van der Waals surface area contributed by atoms with Crippen LogP contribution in [-0.2, 0) is 20.7 Å². The normalized spacial score (nSPS) is 14.2. The van der Waals surface area contributed by atoms with Gasteiger partial charge in [-0.25, -0.2) is 9.78 Å². The van der Waals surface area contributed by atoms with Crippen molar-refractivity contribution in [3.63, 3.8) is 0 Å². The SMILES string of the molecule is CC(NC(=O)C(OC(=O)C(F)(F)F)c1cn2ccsc2n1)C(Cc1ccc(Cl)cc1)c1ccc(Cl)cc1. The van der Waals surface area contributed by atoms with Crippen LogP contribution in [-0.4, -0.2) is 33.5 Å². The Morgan fingerprint density at radius 1 is 1.08 bits per heavy atom. The molecule has 3 atom stereocenters. The van der Waals surface area contributed by atoms with Crippen LogP contribution in [0.1, 0.15) is 35.8 Å². The van der Waals surface area contributed by atoms with Gasteiger partial charge in [-0.1, -0.05) is 47.5 Å². The highest BCUT2D eigenvalue weighted by molar-refractivity contribution is 7.15. The average Bonchev–Trinajstić information content (AvgIpc) is 3.44. The molecule has 0 saturated carbocycles. The maximum Gasteiger partial charge on any atom is 0.490 e. The number of aromatic nitrogens is 2. The molecule has 2 aromatic heterocycles. The second-order valence-electron chi connectivity index (χ2n) is 8.33. The van der Waals surface area contributed by atoms with Gasteiger partial charge in [0.1, 0.15) is 5.69 Å². The third-order valence-corrected chi connectivity index (χ3v) is 6.99. The molecule has 0 radical (unpaired) electrons. The molecule has 0 bridgehead atoms. The lowest BCUT2D eigenvalue weighted by molar-refractivity contribution is -0.206. The fraction of sp³-hybridized carbons (Fsp3) is 0.240. The number of carbonyl (C=O) groups is 2. The Morgan fingerprint density at radius 2 is 1.70 bits per heavy atom. The summed E-state index contributed by atoms with van der Waals surface area (Å²) < 4.78 is 45.1. The molecule has 4 rings (SSSR count). The van der Waals surface area contributed by atoms with E-state index in [0.29, 0.717) is 21.4 Å². The van der Waals surface area contributed by atoms with Crippen molar-refractivity contribution in [3.8, 4) is 0 Å². The smallest absolute Gasteiger partial charge is 0.439 e. The van der Waals surface area contributed by atoms with Crippen molar-refractivity contribution < 1.29 is 27.5 Å². The van der Waals surface area contributed by atoms with Gasteiger partial charge in [0.15, 0.2) is 4.96 Å². The Labute approximate surface area is 224 Å². The lowest BCUT2D eigenvalue weighted by Crippen LogP contribution is -2.42. The van der Waals surface area contributed by atoms with Gasteiger partial charge >= 0.3 is 12.1 Å². The minimum absolute atomic E-state index is 0.116. The first-order valence-electron chi connectivity index (χ1n) is 11.0. The number of hydrogen-bond donors (Lipinski definition) is 1. The van der Waals surface area contributed by atoms with E-state index in [0.717, 1.165) is 11.1 Å². The van der Waals surface area contributed by atoms with Crippen LogP contribution in [0.15, 0.2) is 66.3 Å². The van der Waals surface area contributed by atoms with Crippen LogP contribution in [0, 0.1) is 0 Å². The van der Waals surface area contributed by atoms with Gasteiger partial charge < -0.3 is 10.1 Å². The second kappa shape index (κ2) is 11.1. The van der Waals surface area contributed by atoms with Crippen molar-refractivity contribution in [1.82, 2.24) is 14.7 Å². The van der Waals surface area contributed by atoms with Gasteiger partial charge in [-0.3, -0.25) is 9.20 Å². The number of nitrogens with zero attached hydrogens (tertiary/aromatic N) is 2. The average molecular weight is 570 g/mol. The number of thiazole rings is 1. The largest absolute Gasteiger partial charge is 0.490 e. The summed E-state index contributed by atoms with van der Waals surface area (Å²) in [6.07, 6.45) is -3.71. The van der Waals surface area contributed by atoms with Crippen LogP contribution in [0.3, 0.4) is 0 Å². The van der Waals surface area contributed by atoms with Gasteiger partial charge in [-0.05, 0) is 48.7 Å². The first-order valence-corrected chi connectivity index (χ1v) is 12.6. The first kappa shape index (κ1) is 27.0. The number of esters is 1. The highest BCUT2D eigenvalue weighted by Gasteiger charge is 2.44. The molecule has 6 nitrogen and oxygen atoms in total. The number of fused-ring (bicyclic) bond motifs is 1. The van der Waals surface area contributed by atoms with Crippen LogP contribution >= 0.6 is 34.5 Å². The topological polar surface area (TPSA) is 72.7 Å². The van der Waals surface area contributed by atoms with Gasteiger partial charge in [-0.2, -0.15) is 13.2 Å². The summed E-state index contributed by atoms with van der Waals surface area (Å²) in [6.45, 7) is 1.72. The number of hydrogen-bond acceptors (Lipinski definition) is 5. The zero-order valence-electron chi connectivity index (χ0n) is 19.2. The molecule has 4 aromatic rings. The molecule has 12 heteroatoms. The van der Waals surface area contributed by atoms with E-state index in [-0.39, 0.29) is 11.6 Å². The number of nitrogens with one attached hydrogen (secondary N) is 1. The predicted molar refractivity (Wildman–Crippen MR) is 135 cm³/mol. The summed E-state index contributed by atoms with van der Waals surface area (Å²) in [5.41, 5.74) is 1.66. The molecule has 3 unspecified atom stereocenters. The standard InChI is InChI=1S/C25H20Cl2F3N3O3S/c1-14(19(16-4-8-18(27)9-5-16)12-15-2-6-17(26)7-3-15)31-22(34)21(36-23(35)25(28,29)30)20-13-33-10-11-37-24(33)32-20/h2-11,13-14,19,21H,12H2,1H3,(H,31,34). The zero-order valence-corrected chi connectivity index (χ0v) is 21.5. The van der Waals surface area contributed by atoms with E-state index in [9.17, 15) is 22.8 Å². The number of alkyl halides is 3. The van der Waals surface area contributed by atoms with E-state index < -0.39 is 30.2 Å². The molecule has 194 valence electrons. The summed E-state index contributed by atoms with van der Waals surface area (Å²) in [7, 11) is 0. The molecule has 0 spiro atoms. The van der Waals surface area contributed by atoms with E-state index in [2.05, 4.69) is 15.0 Å². The summed E-state index contributed by atoms with van der Waals surface area (Å²) in [5.74, 6) is -3.70. The third-order valence-electron chi connectivity index (χ3n) is 5.72. The third kappa shape index (κ3) is 6.63. The van der Waals surface area contributed by atoms with Crippen LogP contribution in [0.5, 0.6) is 0 Å². The van der Waals surface area contributed by atoms with Crippen molar-refractivity contribution in [1.29, 1.82) is 0 Å². The Bertz CT molecular complexity index is 1360. The number of imidazole rings is 1. The number of carbonyl (C=O) groups excluding carboxylic acids is 2. The number of halogens is 5. The number of benzene rings is 2. The van der Waals surface area contributed by atoms with Gasteiger partial charge in [0.25, 0.3) is 5.91 Å². The lowest BCUT2D eigenvalue weighted by Gasteiger charge is -2.27. The van der Waals surface area contributed by atoms with Crippen molar-refractivity contribution in [2.75, 3.05) is 0 Å². The van der Waals surface area contributed by atoms with E-state index in [4.69, 9.17) is 23.2 Å². The predicted octanol–water partition coefficient (Wildman–Crippen LogP) is 6.38. The summed E-state index contributed by atoms with van der Waals surface area (Å²) >= 11 is 13.3. The van der Waals surface area contributed by atoms with E-state index in [1.54, 1.807) is 42.8 Å². The number of amides is 1. The number of ether oxygens (including phenoxy) is 1. The second-order valence-corrected chi connectivity index (χ2v) is 10.1. The Hall–Kier alpha value is -3.08. The maximum absolute atomic E-state index is 13.3. The maximum atomic E-state index is 13.3. The van der Waals surface area contributed by atoms with Gasteiger partial charge in [-0.15, -0.1) is 11.3 Å². The summed E-state index contributed by atoms with van der Waals surface area (Å²) in [6, 6.07) is 13.7. The van der Waals surface area contributed by atoms with E-state index in [1.807, 2.05) is 24.3 Å². The quantitative estimate of drug-likeness (QED) is 0.250. The van der Waals surface area contributed by atoms with Gasteiger partial charge in [0.05, 0.1) is 0 Å². The van der Waals surface area contributed by atoms with Crippen molar-refractivity contribution in [3.05, 3.63) is 93.2 Å². The Kier molecular flexibility index (Phi) is 8.11. The van der Waals surface area contributed by atoms with Crippen LogP contribution in [0.25, 0.3) is 4.96 Å². The molecular formula is C25H20Cl2F3N3O3S. The zero-order chi connectivity index (χ0) is 26.7. The lowest BCUT2D eigenvalue weighted by atomic mass is 9.86. The fourth-order valence-electron chi connectivity index (χ4n) is 3.86. The molecule has 0 aliphatic heterocycles. The molecule has 1 N–H and O–H groups in total. The molecule has 0 fully saturated rings. The Balaban J connectivity index is 1.61. The van der Waals surface area contributed by atoms with Crippen molar-refractivity contribution in [2.45, 2.75) is 37.6 Å². The highest BCUT2D eigenvalue weighted by atomic mass is 35.5. The monoisotopic (exact) mass is 569 g/mol. The molecule has 0 saturated heterocycles. The molecule has 0 aliphatic carbocycles. The van der Waals surface area contributed by atoms with Crippen LogP contribution < -0.4 is 5.32 Å².